The van der Waals surface area contributed by atoms with Gasteiger partial charge in [0.15, 0.2) is 17.4 Å². The third kappa shape index (κ3) is 2.86. The molecule has 1 saturated carbocycles. The molecule has 2 aromatic carbocycles. The van der Waals surface area contributed by atoms with E-state index in [1.54, 1.807) is 19.1 Å². The fourth-order valence-corrected chi connectivity index (χ4v) is 3.17. The summed E-state index contributed by atoms with van der Waals surface area (Å²) in [6, 6.07) is 11.5. The maximum Gasteiger partial charge on any atom is 0.310 e. The van der Waals surface area contributed by atoms with Gasteiger partial charge < -0.3 is 9.84 Å². The lowest BCUT2D eigenvalue weighted by atomic mass is 9.96. The molecule has 2 aromatic rings. The molecule has 0 radical (unpaired) electrons. The van der Waals surface area contributed by atoms with Gasteiger partial charge in [-0.05, 0) is 36.1 Å². The van der Waals surface area contributed by atoms with Crippen LogP contribution in [0.25, 0.3) is 0 Å². The van der Waals surface area contributed by atoms with Gasteiger partial charge in [-0.25, -0.2) is 8.78 Å². The molecule has 126 valence electrons. The number of benzene rings is 2. The van der Waals surface area contributed by atoms with E-state index in [9.17, 15) is 18.7 Å². The van der Waals surface area contributed by atoms with Gasteiger partial charge in [-0.2, -0.15) is 0 Å². The van der Waals surface area contributed by atoms with Crippen molar-refractivity contribution < 1.29 is 23.4 Å². The molecule has 2 atom stereocenters. The zero-order valence-corrected chi connectivity index (χ0v) is 13.3. The molecule has 0 saturated heterocycles. The van der Waals surface area contributed by atoms with Crippen LogP contribution in [0, 0.1) is 17.0 Å². The summed E-state index contributed by atoms with van der Waals surface area (Å²) in [6.45, 7) is 1.84. The molecular formula is C19H18F2O3. The quantitative estimate of drug-likeness (QED) is 0.846. The van der Waals surface area contributed by atoms with E-state index >= 15 is 0 Å². The average molecular weight is 332 g/mol. The SMILES string of the molecule is CCC1(C(=O)O)CC1c1cc(F)c(OCc2ccccc2)c(F)c1. The molecule has 1 aliphatic carbocycles. The van der Waals surface area contributed by atoms with E-state index in [1.807, 2.05) is 18.2 Å². The molecule has 5 heteroatoms. The highest BCUT2D eigenvalue weighted by Crippen LogP contribution is 2.62. The number of carboxylic acid groups (broad SMARTS) is 1. The first kappa shape index (κ1) is 16.4. The molecule has 1 N–H and O–H groups in total. The second-order valence-electron chi connectivity index (χ2n) is 6.16. The van der Waals surface area contributed by atoms with Crippen LogP contribution in [0.3, 0.4) is 0 Å². The fourth-order valence-electron chi connectivity index (χ4n) is 3.17. The Hall–Kier alpha value is -2.43. The summed E-state index contributed by atoms with van der Waals surface area (Å²) >= 11 is 0. The Balaban J connectivity index is 1.79. The highest BCUT2D eigenvalue weighted by molar-refractivity contribution is 5.80. The predicted molar refractivity (Wildman–Crippen MR) is 84.8 cm³/mol. The van der Waals surface area contributed by atoms with Crippen LogP contribution in [-0.4, -0.2) is 11.1 Å². The summed E-state index contributed by atoms with van der Waals surface area (Å²) in [7, 11) is 0. The summed E-state index contributed by atoms with van der Waals surface area (Å²) in [4.78, 5) is 11.4. The van der Waals surface area contributed by atoms with Crippen LogP contribution in [0.4, 0.5) is 8.78 Å². The van der Waals surface area contributed by atoms with E-state index in [1.165, 1.54) is 12.1 Å². The van der Waals surface area contributed by atoms with Crippen molar-refractivity contribution in [1.29, 1.82) is 0 Å². The molecule has 1 aliphatic rings. The summed E-state index contributed by atoms with van der Waals surface area (Å²) in [6.07, 6.45) is 0.838. The molecule has 0 heterocycles. The monoisotopic (exact) mass is 332 g/mol. The highest BCUT2D eigenvalue weighted by atomic mass is 19.1. The summed E-state index contributed by atoms with van der Waals surface area (Å²) in [5, 5.41) is 9.33. The van der Waals surface area contributed by atoms with Gasteiger partial charge in [-0.15, -0.1) is 0 Å². The second-order valence-corrected chi connectivity index (χ2v) is 6.16. The van der Waals surface area contributed by atoms with Crippen LogP contribution in [0.5, 0.6) is 5.75 Å². The van der Waals surface area contributed by atoms with Crippen molar-refractivity contribution in [1.82, 2.24) is 0 Å². The van der Waals surface area contributed by atoms with Crippen LogP contribution < -0.4 is 4.74 Å². The first-order chi connectivity index (χ1) is 11.5. The maximum atomic E-state index is 14.2. The average Bonchev–Trinajstić information content (AvgIpc) is 3.31. The summed E-state index contributed by atoms with van der Waals surface area (Å²) in [5.41, 5.74) is 0.283. The van der Waals surface area contributed by atoms with Crippen LogP contribution >= 0.6 is 0 Å². The number of hydrogen-bond acceptors (Lipinski definition) is 2. The van der Waals surface area contributed by atoms with Crippen LogP contribution in [0.15, 0.2) is 42.5 Å². The third-order valence-electron chi connectivity index (χ3n) is 4.78. The topological polar surface area (TPSA) is 46.5 Å². The Bertz CT molecular complexity index is 737. The van der Waals surface area contributed by atoms with E-state index < -0.39 is 28.8 Å². The van der Waals surface area contributed by atoms with Gasteiger partial charge in [0.05, 0.1) is 5.41 Å². The van der Waals surface area contributed by atoms with Gasteiger partial charge in [-0.1, -0.05) is 37.3 Å². The molecule has 0 aromatic heterocycles. The first-order valence-electron chi connectivity index (χ1n) is 7.87. The minimum atomic E-state index is -0.916. The van der Waals surface area contributed by atoms with E-state index in [4.69, 9.17) is 4.74 Å². The van der Waals surface area contributed by atoms with Crippen LogP contribution in [0.1, 0.15) is 36.8 Å². The van der Waals surface area contributed by atoms with Crippen molar-refractivity contribution in [3.63, 3.8) is 0 Å². The zero-order valence-electron chi connectivity index (χ0n) is 13.3. The lowest BCUT2D eigenvalue weighted by Gasteiger charge is -2.12. The Labute approximate surface area is 138 Å². The van der Waals surface area contributed by atoms with Crippen molar-refractivity contribution in [3.8, 4) is 5.75 Å². The third-order valence-corrected chi connectivity index (χ3v) is 4.78. The number of hydrogen-bond donors (Lipinski definition) is 1. The Morgan fingerprint density at radius 2 is 1.88 bits per heavy atom. The minimum absolute atomic E-state index is 0.0610. The largest absolute Gasteiger partial charge is 0.483 e. The number of ether oxygens (including phenoxy) is 1. The molecule has 0 spiro atoms. The van der Waals surface area contributed by atoms with Gasteiger partial charge in [0, 0.05) is 5.92 Å². The second kappa shape index (κ2) is 6.23. The Morgan fingerprint density at radius 1 is 1.25 bits per heavy atom. The molecule has 0 amide bonds. The Morgan fingerprint density at radius 3 is 2.38 bits per heavy atom. The fraction of sp³-hybridized carbons (Fsp3) is 0.316. The van der Waals surface area contributed by atoms with Crippen molar-refractivity contribution in [2.45, 2.75) is 32.3 Å². The van der Waals surface area contributed by atoms with Gasteiger partial charge in [0.2, 0.25) is 0 Å². The predicted octanol–water partition coefficient (Wildman–Crippen LogP) is 4.51. The lowest BCUT2D eigenvalue weighted by molar-refractivity contribution is -0.143. The van der Waals surface area contributed by atoms with E-state index in [0.29, 0.717) is 18.4 Å². The molecule has 24 heavy (non-hydrogen) atoms. The Kier molecular flexibility index (Phi) is 4.26. The van der Waals surface area contributed by atoms with Gasteiger partial charge in [-0.3, -0.25) is 4.79 Å². The van der Waals surface area contributed by atoms with Crippen molar-refractivity contribution in [2.24, 2.45) is 5.41 Å². The van der Waals surface area contributed by atoms with Gasteiger partial charge in [0.25, 0.3) is 0 Å². The molecule has 0 bridgehead atoms. The van der Waals surface area contributed by atoms with E-state index in [2.05, 4.69) is 0 Å². The number of carbonyl (C=O) groups is 1. The molecule has 3 nitrogen and oxygen atoms in total. The number of carboxylic acids is 1. The number of rotatable bonds is 6. The van der Waals surface area contributed by atoms with Gasteiger partial charge >= 0.3 is 5.97 Å². The maximum absolute atomic E-state index is 14.2. The molecule has 0 aliphatic heterocycles. The van der Waals surface area contributed by atoms with Crippen LogP contribution in [0.2, 0.25) is 0 Å². The summed E-state index contributed by atoms with van der Waals surface area (Å²) < 4.78 is 33.8. The van der Waals surface area contributed by atoms with Crippen molar-refractivity contribution in [3.05, 3.63) is 65.2 Å². The number of halogens is 2. The van der Waals surface area contributed by atoms with E-state index in [-0.39, 0.29) is 12.5 Å². The first-order valence-corrected chi connectivity index (χ1v) is 7.87. The normalized spacial score (nSPS) is 22.2. The lowest BCUT2D eigenvalue weighted by Crippen LogP contribution is -2.16. The molecule has 3 rings (SSSR count). The van der Waals surface area contributed by atoms with Crippen LogP contribution in [-0.2, 0) is 11.4 Å². The van der Waals surface area contributed by atoms with Gasteiger partial charge in [0.1, 0.15) is 6.61 Å². The standard InChI is InChI=1S/C19H18F2O3/c1-2-19(18(22)23)10-14(19)13-8-15(20)17(16(21)9-13)24-11-12-6-4-3-5-7-12/h3-9,14H,2,10-11H2,1H3,(H,22,23). The minimum Gasteiger partial charge on any atom is -0.483 e. The van der Waals surface area contributed by atoms with E-state index in [0.717, 1.165) is 5.56 Å². The smallest absolute Gasteiger partial charge is 0.310 e. The molecule has 1 fully saturated rings. The van der Waals surface area contributed by atoms with Crippen molar-refractivity contribution in [2.75, 3.05) is 0 Å². The zero-order chi connectivity index (χ0) is 17.3. The van der Waals surface area contributed by atoms with Crippen molar-refractivity contribution >= 4 is 5.97 Å². The molecular weight excluding hydrogens is 314 g/mol. The number of aliphatic carboxylic acids is 1. The highest BCUT2D eigenvalue weighted by Gasteiger charge is 2.59. The summed E-state index contributed by atoms with van der Waals surface area (Å²) in [5.74, 6) is -3.31. The molecule has 2 unspecified atom stereocenters.